The second-order valence-electron chi connectivity index (χ2n) is 3.45. The summed E-state index contributed by atoms with van der Waals surface area (Å²) in [5.41, 5.74) is 0.844. The number of hydrogen-bond donors (Lipinski definition) is 2. The summed E-state index contributed by atoms with van der Waals surface area (Å²) in [4.78, 5) is 22.1. The molecule has 0 saturated heterocycles. The maximum Gasteiger partial charge on any atom is 0.407 e. The average Bonchev–Trinajstić information content (AvgIpc) is 2.29. The van der Waals surface area contributed by atoms with Crippen LogP contribution in [-0.4, -0.2) is 29.8 Å². The molecule has 5 heteroatoms. The lowest BCUT2D eigenvalue weighted by molar-refractivity contribution is -0.139. The summed E-state index contributed by atoms with van der Waals surface area (Å²) in [5.74, 6) is -1.08. The SMILES string of the molecule is CCOC(=O)NC(Cc1ccccc1)C(=O)O. The summed E-state index contributed by atoms with van der Waals surface area (Å²) in [6, 6.07) is 8.12. The number of carboxylic acids is 1. The number of hydrogen-bond acceptors (Lipinski definition) is 3. The molecule has 0 saturated carbocycles. The van der Waals surface area contributed by atoms with Gasteiger partial charge in [-0.15, -0.1) is 0 Å². The van der Waals surface area contributed by atoms with Crippen molar-refractivity contribution < 1.29 is 19.4 Å². The molecule has 1 rings (SSSR count). The lowest BCUT2D eigenvalue weighted by Crippen LogP contribution is -2.42. The lowest BCUT2D eigenvalue weighted by atomic mass is 10.1. The Morgan fingerprint density at radius 2 is 2.00 bits per heavy atom. The van der Waals surface area contributed by atoms with Crippen molar-refractivity contribution in [1.29, 1.82) is 0 Å². The minimum Gasteiger partial charge on any atom is -0.480 e. The van der Waals surface area contributed by atoms with Crippen molar-refractivity contribution in [3.05, 3.63) is 35.9 Å². The van der Waals surface area contributed by atoms with Crippen LogP contribution in [0.2, 0.25) is 0 Å². The van der Waals surface area contributed by atoms with Crippen molar-refractivity contribution in [1.82, 2.24) is 5.32 Å². The van der Waals surface area contributed by atoms with Crippen molar-refractivity contribution in [2.45, 2.75) is 19.4 Å². The van der Waals surface area contributed by atoms with Crippen LogP contribution in [0.1, 0.15) is 12.5 Å². The van der Waals surface area contributed by atoms with E-state index in [0.29, 0.717) is 0 Å². The van der Waals surface area contributed by atoms with E-state index in [0.717, 1.165) is 5.56 Å². The van der Waals surface area contributed by atoms with Crippen LogP contribution in [0.4, 0.5) is 4.79 Å². The molecule has 0 aliphatic carbocycles. The van der Waals surface area contributed by atoms with Crippen molar-refractivity contribution in [2.75, 3.05) is 6.61 Å². The molecule has 1 unspecified atom stereocenters. The zero-order valence-corrected chi connectivity index (χ0v) is 9.55. The van der Waals surface area contributed by atoms with Gasteiger partial charge in [-0.05, 0) is 12.5 Å². The van der Waals surface area contributed by atoms with E-state index in [1.165, 1.54) is 0 Å². The fourth-order valence-electron chi connectivity index (χ4n) is 1.36. The van der Waals surface area contributed by atoms with E-state index < -0.39 is 18.1 Å². The van der Waals surface area contributed by atoms with Gasteiger partial charge in [-0.1, -0.05) is 30.3 Å². The fourth-order valence-corrected chi connectivity index (χ4v) is 1.36. The van der Waals surface area contributed by atoms with E-state index in [4.69, 9.17) is 5.11 Å². The van der Waals surface area contributed by atoms with Gasteiger partial charge < -0.3 is 15.2 Å². The van der Waals surface area contributed by atoms with Gasteiger partial charge in [0.1, 0.15) is 6.04 Å². The van der Waals surface area contributed by atoms with Crippen molar-refractivity contribution in [3.8, 4) is 0 Å². The van der Waals surface area contributed by atoms with Crippen LogP contribution >= 0.6 is 0 Å². The number of ether oxygens (including phenoxy) is 1. The molecule has 5 nitrogen and oxygen atoms in total. The lowest BCUT2D eigenvalue weighted by Gasteiger charge is -2.14. The third kappa shape index (κ3) is 4.55. The highest BCUT2D eigenvalue weighted by Gasteiger charge is 2.20. The molecular formula is C12H15NO4. The molecule has 0 bridgehead atoms. The molecule has 1 aromatic rings. The number of carboxylic acid groups (broad SMARTS) is 1. The number of carbonyl (C=O) groups is 2. The molecule has 0 heterocycles. The van der Waals surface area contributed by atoms with E-state index >= 15 is 0 Å². The smallest absolute Gasteiger partial charge is 0.407 e. The minimum absolute atomic E-state index is 0.212. The first kappa shape index (κ1) is 13.0. The van der Waals surface area contributed by atoms with E-state index in [9.17, 15) is 9.59 Å². The van der Waals surface area contributed by atoms with Crippen molar-refractivity contribution >= 4 is 12.1 Å². The molecular weight excluding hydrogens is 222 g/mol. The highest BCUT2D eigenvalue weighted by Crippen LogP contribution is 2.03. The maximum atomic E-state index is 11.2. The number of carbonyl (C=O) groups excluding carboxylic acids is 1. The quantitative estimate of drug-likeness (QED) is 0.812. The minimum atomic E-state index is -1.08. The highest BCUT2D eigenvalue weighted by atomic mass is 16.5. The van der Waals surface area contributed by atoms with Crippen LogP contribution in [0.15, 0.2) is 30.3 Å². The molecule has 0 radical (unpaired) electrons. The number of rotatable bonds is 5. The Labute approximate surface area is 99.4 Å². The molecule has 0 aliphatic rings. The number of amides is 1. The van der Waals surface area contributed by atoms with Crippen LogP contribution in [0, 0.1) is 0 Å². The second-order valence-corrected chi connectivity index (χ2v) is 3.45. The largest absolute Gasteiger partial charge is 0.480 e. The molecule has 17 heavy (non-hydrogen) atoms. The van der Waals surface area contributed by atoms with E-state index in [1.54, 1.807) is 6.92 Å². The Kier molecular flexibility index (Phi) is 5.00. The molecule has 0 aliphatic heterocycles. The Morgan fingerprint density at radius 1 is 1.35 bits per heavy atom. The van der Waals surface area contributed by atoms with Gasteiger partial charge in [0.25, 0.3) is 0 Å². The van der Waals surface area contributed by atoms with Gasteiger partial charge in [-0.2, -0.15) is 0 Å². The van der Waals surface area contributed by atoms with Crippen molar-refractivity contribution in [2.24, 2.45) is 0 Å². The standard InChI is InChI=1S/C12H15NO4/c1-2-17-12(16)13-10(11(14)15)8-9-6-4-3-5-7-9/h3-7,10H,2,8H2,1H3,(H,13,16)(H,14,15). The first-order valence-electron chi connectivity index (χ1n) is 5.33. The number of aliphatic carboxylic acids is 1. The summed E-state index contributed by atoms with van der Waals surface area (Å²) < 4.78 is 4.65. The molecule has 92 valence electrons. The van der Waals surface area contributed by atoms with Crippen LogP contribution < -0.4 is 5.32 Å². The van der Waals surface area contributed by atoms with Crippen LogP contribution in [-0.2, 0) is 16.0 Å². The summed E-state index contributed by atoms with van der Waals surface area (Å²) in [6.07, 6.45) is -0.481. The Balaban J connectivity index is 2.61. The number of benzene rings is 1. The average molecular weight is 237 g/mol. The monoisotopic (exact) mass is 237 g/mol. The predicted octanol–water partition coefficient (Wildman–Crippen LogP) is 1.43. The van der Waals surface area contributed by atoms with Gasteiger partial charge in [-0.25, -0.2) is 9.59 Å². The normalized spacial score (nSPS) is 11.6. The van der Waals surface area contributed by atoms with Crippen LogP contribution in [0.3, 0.4) is 0 Å². The number of alkyl carbamates (subject to hydrolysis) is 1. The summed E-state index contributed by atoms with van der Waals surface area (Å²) in [5, 5.41) is 11.3. The maximum absolute atomic E-state index is 11.2. The van der Waals surface area contributed by atoms with Crippen molar-refractivity contribution in [3.63, 3.8) is 0 Å². The van der Waals surface area contributed by atoms with Gasteiger partial charge >= 0.3 is 12.1 Å². The Bertz CT molecular complexity index is 377. The second kappa shape index (κ2) is 6.52. The Hall–Kier alpha value is -2.04. The van der Waals surface area contributed by atoms with Gasteiger partial charge in [-0.3, -0.25) is 0 Å². The molecule has 0 aromatic heterocycles. The summed E-state index contributed by atoms with van der Waals surface area (Å²) >= 11 is 0. The molecule has 1 aromatic carbocycles. The molecule has 1 atom stereocenters. The third-order valence-electron chi connectivity index (χ3n) is 2.15. The van der Waals surface area contributed by atoms with Gasteiger partial charge in [0.2, 0.25) is 0 Å². The number of nitrogens with one attached hydrogen (secondary N) is 1. The zero-order valence-electron chi connectivity index (χ0n) is 9.55. The van der Waals surface area contributed by atoms with Gasteiger partial charge in [0.05, 0.1) is 6.61 Å². The van der Waals surface area contributed by atoms with Crippen LogP contribution in [0.25, 0.3) is 0 Å². The van der Waals surface area contributed by atoms with E-state index in [1.807, 2.05) is 30.3 Å². The molecule has 0 spiro atoms. The van der Waals surface area contributed by atoms with Gasteiger partial charge in [0, 0.05) is 6.42 Å². The topological polar surface area (TPSA) is 75.6 Å². The third-order valence-corrected chi connectivity index (χ3v) is 2.15. The fraction of sp³-hybridized carbons (Fsp3) is 0.333. The predicted molar refractivity (Wildman–Crippen MR) is 61.7 cm³/mol. The summed E-state index contributed by atoms with van der Waals surface area (Å²) in [6.45, 7) is 1.87. The van der Waals surface area contributed by atoms with E-state index in [-0.39, 0.29) is 13.0 Å². The first-order valence-corrected chi connectivity index (χ1v) is 5.33. The molecule has 0 fully saturated rings. The van der Waals surface area contributed by atoms with Crippen LogP contribution in [0.5, 0.6) is 0 Å². The molecule has 2 N–H and O–H groups in total. The molecule has 1 amide bonds. The zero-order chi connectivity index (χ0) is 12.7. The first-order chi connectivity index (χ1) is 8.13. The Morgan fingerprint density at radius 3 is 2.53 bits per heavy atom. The van der Waals surface area contributed by atoms with E-state index in [2.05, 4.69) is 10.1 Å². The highest BCUT2D eigenvalue weighted by molar-refractivity contribution is 5.80. The van der Waals surface area contributed by atoms with Gasteiger partial charge in [0.15, 0.2) is 0 Å². The summed E-state index contributed by atoms with van der Waals surface area (Å²) in [7, 11) is 0.